The molecule has 0 amide bonds. The normalized spacial score (nSPS) is 12.5. The van der Waals surface area contributed by atoms with Crippen molar-refractivity contribution in [2.75, 3.05) is 14.2 Å². The number of hydrogen-bond donors (Lipinski definition) is 0. The molecule has 4 aromatic rings. The number of carbonyl (C=O) groups is 1. The number of nitrogens with zero attached hydrogens (tertiary/aromatic N) is 5. The van der Waals surface area contributed by atoms with Crippen LogP contribution >= 0.6 is 0 Å². The number of fused-ring (bicyclic) bond motifs is 3. The van der Waals surface area contributed by atoms with Gasteiger partial charge in [-0.05, 0) is 32.9 Å². The lowest BCUT2D eigenvalue weighted by Gasteiger charge is -2.13. The Balaban J connectivity index is 2.12. The van der Waals surface area contributed by atoms with E-state index < -0.39 is 17.3 Å². The van der Waals surface area contributed by atoms with Gasteiger partial charge < -0.3 is 9.47 Å². The fourth-order valence-electron chi connectivity index (χ4n) is 3.77. The van der Waals surface area contributed by atoms with Crippen LogP contribution in [0.1, 0.15) is 25.6 Å². The maximum absolute atomic E-state index is 13.3. The van der Waals surface area contributed by atoms with Crippen LogP contribution < -0.4 is 20.7 Å². The summed E-state index contributed by atoms with van der Waals surface area (Å²) < 4.78 is 16.5. The lowest BCUT2D eigenvalue weighted by molar-refractivity contribution is -0.119. The van der Waals surface area contributed by atoms with Gasteiger partial charge in [0.05, 0.1) is 25.9 Å². The molecule has 0 spiro atoms. The maximum atomic E-state index is 13.3. The molecule has 1 atom stereocenters. The van der Waals surface area contributed by atoms with Gasteiger partial charge in [0.15, 0.2) is 16.9 Å². The largest absolute Gasteiger partial charge is 0.497 e. The first-order chi connectivity index (χ1) is 14.7. The average molecular weight is 425 g/mol. The third-order valence-electron chi connectivity index (χ3n) is 5.58. The number of aromatic nitrogens is 5. The van der Waals surface area contributed by atoms with Crippen LogP contribution in [0, 0.1) is 6.92 Å². The second-order valence-electron chi connectivity index (χ2n) is 7.40. The summed E-state index contributed by atoms with van der Waals surface area (Å²) in [5, 5.41) is 0. The van der Waals surface area contributed by atoms with Gasteiger partial charge in [-0.2, -0.15) is 4.98 Å². The zero-order valence-electron chi connectivity index (χ0n) is 18.2. The van der Waals surface area contributed by atoms with Crippen LogP contribution in [0.25, 0.3) is 22.6 Å². The van der Waals surface area contributed by atoms with Crippen LogP contribution in [0.3, 0.4) is 0 Å². The molecule has 1 aromatic carbocycles. The van der Waals surface area contributed by atoms with Gasteiger partial charge in [0.1, 0.15) is 11.5 Å². The number of Topliss-reactive ketones (excluding diaryl/α,β-unsaturated/α-hetero) is 1. The molecule has 10 heteroatoms. The molecule has 0 saturated carbocycles. The van der Waals surface area contributed by atoms with Crippen LogP contribution in [0.4, 0.5) is 0 Å². The Kier molecular flexibility index (Phi) is 4.72. The molecule has 0 fully saturated rings. The molecule has 3 heterocycles. The molecule has 0 aliphatic rings. The highest BCUT2D eigenvalue weighted by Crippen LogP contribution is 2.31. The first-order valence-electron chi connectivity index (χ1n) is 9.65. The van der Waals surface area contributed by atoms with Crippen molar-refractivity contribution in [3.8, 4) is 17.2 Å². The van der Waals surface area contributed by atoms with Gasteiger partial charge >= 0.3 is 5.69 Å². The van der Waals surface area contributed by atoms with Crippen molar-refractivity contribution in [2.45, 2.75) is 26.8 Å². The Morgan fingerprint density at radius 2 is 1.87 bits per heavy atom. The quantitative estimate of drug-likeness (QED) is 0.482. The number of ether oxygens (including phenoxy) is 2. The van der Waals surface area contributed by atoms with Gasteiger partial charge in [-0.1, -0.05) is 0 Å². The van der Waals surface area contributed by atoms with E-state index in [1.807, 2.05) is 17.6 Å². The number of imidazole rings is 2. The highest BCUT2D eigenvalue weighted by molar-refractivity contribution is 5.81. The SMILES string of the molecule is COc1ccc(-n2c(C)cn3c4c(=O)n([C@H](C)C(C)=O)c(=O)n(C)c4nc23)c(OC)c1. The van der Waals surface area contributed by atoms with Gasteiger partial charge in [0, 0.05) is 25.0 Å². The Hall–Kier alpha value is -3.82. The summed E-state index contributed by atoms with van der Waals surface area (Å²) in [5.41, 5.74) is 0.803. The summed E-state index contributed by atoms with van der Waals surface area (Å²) in [5.74, 6) is 1.36. The topological polar surface area (TPSA) is 102 Å². The molecule has 162 valence electrons. The third-order valence-corrected chi connectivity index (χ3v) is 5.58. The number of aryl methyl sites for hydroxylation is 2. The highest BCUT2D eigenvalue weighted by Gasteiger charge is 2.24. The molecule has 0 N–H and O–H groups in total. The van der Waals surface area contributed by atoms with Crippen molar-refractivity contribution < 1.29 is 14.3 Å². The van der Waals surface area contributed by atoms with E-state index in [2.05, 4.69) is 4.98 Å². The van der Waals surface area contributed by atoms with E-state index >= 15 is 0 Å². The molecular formula is C21H23N5O5. The first kappa shape index (κ1) is 20.5. The third kappa shape index (κ3) is 2.86. The minimum atomic E-state index is -0.883. The number of ketones is 1. The van der Waals surface area contributed by atoms with Gasteiger partial charge in [0.2, 0.25) is 5.78 Å². The molecule has 0 saturated heterocycles. The molecule has 0 aliphatic carbocycles. The molecule has 31 heavy (non-hydrogen) atoms. The van der Waals surface area contributed by atoms with E-state index in [0.717, 1.165) is 10.3 Å². The van der Waals surface area contributed by atoms with Crippen molar-refractivity contribution in [1.82, 2.24) is 23.1 Å². The number of benzene rings is 1. The van der Waals surface area contributed by atoms with Crippen LogP contribution in [0.5, 0.6) is 11.5 Å². The van der Waals surface area contributed by atoms with Gasteiger partial charge in [-0.3, -0.25) is 23.1 Å². The predicted octanol–water partition coefficient (Wildman–Crippen LogP) is 1.61. The number of methoxy groups -OCH3 is 2. The van der Waals surface area contributed by atoms with Crippen LogP contribution in [-0.4, -0.2) is 43.1 Å². The van der Waals surface area contributed by atoms with Crippen LogP contribution in [0.15, 0.2) is 34.0 Å². The Bertz CT molecular complexity index is 1470. The standard InChI is InChI=1S/C21H23N5O5/c1-11-10-24-17-18(23(4)21(29)26(19(17)28)12(2)13(3)27)22-20(24)25(11)15-8-7-14(30-5)9-16(15)31-6/h7-10,12H,1-6H3/t12-/m1/s1. The van der Waals surface area contributed by atoms with Crippen molar-refractivity contribution in [3.63, 3.8) is 0 Å². The minimum Gasteiger partial charge on any atom is -0.497 e. The molecule has 0 radical (unpaired) electrons. The lowest BCUT2D eigenvalue weighted by Crippen LogP contribution is -2.42. The first-order valence-corrected chi connectivity index (χ1v) is 9.65. The summed E-state index contributed by atoms with van der Waals surface area (Å²) in [7, 11) is 4.66. The average Bonchev–Trinajstić information content (AvgIpc) is 3.26. The summed E-state index contributed by atoms with van der Waals surface area (Å²) in [6, 6.07) is 4.50. The van der Waals surface area contributed by atoms with E-state index in [1.54, 1.807) is 36.9 Å². The van der Waals surface area contributed by atoms with E-state index in [4.69, 9.17) is 9.47 Å². The van der Waals surface area contributed by atoms with Crippen LogP contribution in [0.2, 0.25) is 0 Å². The zero-order valence-corrected chi connectivity index (χ0v) is 18.2. The highest BCUT2D eigenvalue weighted by atomic mass is 16.5. The Morgan fingerprint density at radius 3 is 2.48 bits per heavy atom. The second-order valence-corrected chi connectivity index (χ2v) is 7.40. The second kappa shape index (κ2) is 7.15. The van der Waals surface area contributed by atoms with E-state index in [1.165, 1.54) is 25.5 Å². The maximum Gasteiger partial charge on any atom is 0.333 e. The molecule has 4 rings (SSSR count). The Morgan fingerprint density at radius 1 is 1.16 bits per heavy atom. The summed E-state index contributed by atoms with van der Waals surface area (Å²) >= 11 is 0. The summed E-state index contributed by atoms with van der Waals surface area (Å²) in [6.07, 6.45) is 1.77. The molecule has 10 nitrogen and oxygen atoms in total. The monoisotopic (exact) mass is 425 g/mol. The minimum absolute atomic E-state index is 0.222. The van der Waals surface area contributed by atoms with Crippen molar-refractivity contribution >= 4 is 22.7 Å². The summed E-state index contributed by atoms with van der Waals surface area (Å²) in [4.78, 5) is 42.6. The number of hydrogen-bond acceptors (Lipinski definition) is 6. The van der Waals surface area contributed by atoms with Crippen LogP contribution in [-0.2, 0) is 11.8 Å². The van der Waals surface area contributed by atoms with E-state index in [-0.39, 0.29) is 16.9 Å². The molecular weight excluding hydrogens is 402 g/mol. The van der Waals surface area contributed by atoms with Crippen molar-refractivity contribution in [3.05, 3.63) is 50.9 Å². The number of carbonyl (C=O) groups excluding carboxylic acids is 1. The fraction of sp³-hybridized carbons (Fsp3) is 0.333. The molecule has 3 aromatic heterocycles. The smallest absolute Gasteiger partial charge is 0.333 e. The van der Waals surface area contributed by atoms with Gasteiger partial charge in [-0.15, -0.1) is 0 Å². The van der Waals surface area contributed by atoms with E-state index in [9.17, 15) is 14.4 Å². The van der Waals surface area contributed by atoms with Gasteiger partial charge in [-0.25, -0.2) is 9.36 Å². The summed E-state index contributed by atoms with van der Waals surface area (Å²) in [6.45, 7) is 4.76. The molecule has 0 unspecified atom stereocenters. The van der Waals surface area contributed by atoms with Crippen molar-refractivity contribution in [1.29, 1.82) is 0 Å². The van der Waals surface area contributed by atoms with E-state index in [0.29, 0.717) is 23.0 Å². The Labute approximate surface area is 176 Å². The molecule has 0 bridgehead atoms. The van der Waals surface area contributed by atoms with Gasteiger partial charge in [0.25, 0.3) is 5.56 Å². The number of rotatable bonds is 5. The van der Waals surface area contributed by atoms with Crippen molar-refractivity contribution in [2.24, 2.45) is 7.05 Å². The fourth-order valence-corrected chi connectivity index (χ4v) is 3.77. The lowest BCUT2D eigenvalue weighted by atomic mass is 10.2. The predicted molar refractivity (Wildman–Crippen MR) is 115 cm³/mol. The zero-order chi connectivity index (χ0) is 22.6. The molecule has 0 aliphatic heterocycles.